The van der Waals surface area contributed by atoms with Crippen LogP contribution in [-0.2, 0) is 9.53 Å². The molecule has 2 aromatic heterocycles. The topological polar surface area (TPSA) is 81.6 Å². The van der Waals surface area contributed by atoms with Gasteiger partial charge in [0.1, 0.15) is 11.8 Å². The number of aromatic nitrogens is 2. The molecule has 3 atom stereocenters. The second-order valence-electron chi connectivity index (χ2n) is 6.72. The maximum atomic E-state index is 12.9. The Kier molecular flexibility index (Phi) is 3.88. The van der Waals surface area contributed by atoms with Crippen LogP contribution in [0.4, 0.5) is 0 Å². The Balaban J connectivity index is 1.50. The molecular weight excluding hydrogens is 310 g/mol. The first-order valence-electron chi connectivity index (χ1n) is 8.40. The molecule has 0 unspecified atom stereocenters. The largest absolute Gasteiger partial charge is 0.469 e. The van der Waals surface area contributed by atoms with Crippen molar-refractivity contribution >= 4 is 5.91 Å². The van der Waals surface area contributed by atoms with Crippen molar-refractivity contribution in [3.63, 3.8) is 0 Å². The highest BCUT2D eigenvalue weighted by Gasteiger charge is 2.49. The van der Waals surface area contributed by atoms with Crippen LogP contribution in [0.5, 0.6) is 0 Å². The minimum absolute atomic E-state index is 0.0239. The van der Waals surface area contributed by atoms with Crippen LogP contribution < -0.4 is 0 Å². The van der Waals surface area contributed by atoms with E-state index in [9.17, 15) is 4.79 Å². The van der Waals surface area contributed by atoms with Crippen molar-refractivity contribution in [2.24, 2.45) is 5.92 Å². The molecule has 24 heavy (non-hydrogen) atoms. The number of nitrogens with zero attached hydrogens (tertiary/aromatic N) is 3. The number of carbonyl (C=O) groups excluding carboxylic acids is 1. The molecule has 1 saturated heterocycles. The first kappa shape index (κ1) is 15.4. The number of carbonyl (C=O) groups is 1. The Morgan fingerprint density at radius 3 is 2.96 bits per heavy atom. The number of hydrogen-bond donors (Lipinski definition) is 0. The number of ether oxygens (including phenoxy) is 1. The number of amides is 1. The summed E-state index contributed by atoms with van der Waals surface area (Å²) in [7, 11) is 0. The summed E-state index contributed by atoms with van der Waals surface area (Å²) in [6.07, 6.45) is 2.48. The quantitative estimate of drug-likeness (QED) is 0.856. The van der Waals surface area contributed by atoms with Crippen LogP contribution >= 0.6 is 0 Å². The minimum Gasteiger partial charge on any atom is -0.469 e. The van der Waals surface area contributed by atoms with Gasteiger partial charge in [-0.05, 0) is 18.6 Å². The van der Waals surface area contributed by atoms with Crippen molar-refractivity contribution in [1.82, 2.24) is 15.1 Å². The predicted octanol–water partition coefficient (Wildman–Crippen LogP) is 2.49. The monoisotopic (exact) mass is 331 g/mol. The zero-order valence-corrected chi connectivity index (χ0v) is 13.8. The number of furan rings is 1. The molecule has 2 aromatic rings. The highest BCUT2D eigenvalue weighted by Crippen LogP contribution is 2.49. The summed E-state index contributed by atoms with van der Waals surface area (Å²) in [5.41, 5.74) is 0. The zero-order valence-electron chi connectivity index (χ0n) is 13.8. The molecule has 7 heteroatoms. The van der Waals surface area contributed by atoms with E-state index in [-0.39, 0.29) is 29.7 Å². The zero-order chi connectivity index (χ0) is 16.7. The molecule has 2 aliphatic rings. The lowest BCUT2D eigenvalue weighted by Crippen LogP contribution is -2.44. The Morgan fingerprint density at radius 2 is 2.25 bits per heavy atom. The van der Waals surface area contributed by atoms with Crippen LogP contribution in [-0.4, -0.2) is 40.8 Å². The fraction of sp³-hybridized carbons (Fsp3) is 0.588. The van der Waals surface area contributed by atoms with Crippen molar-refractivity contribution in [3.8, 4) is 0 Å². The van der Waals surface area contributed by atoms with Crippen molar-refractivity contribution in [3.05, 3.63) is 35.9 Å². The number of rotatable bonds is 4. The maximum absolute atomic E-state index is 12.9. The van der Waals surface area contributed by atoms with Crippen LogP contribution in [0.2, 0.25) is 0 Å². The molecule has 7 nitrogen and oxygen atoms in total. The van der Waals surface area contributed by atoms with Crippen molar-refractivity contribution < 1.29 is 18.4 Å². The van der Waals surface area contributed by atoms with E-state index < -0.39 is 0 Å². The fourth-order valence-corrected chi connectivity index (χ4v) is 3.18. The summed E-state index contributed by atoms with van der Waals surface area (Å²) in [5.74, 6) is 2.37. The molecule has 0 N–H and O–H groups in total. The van der Waals surface area contributed by atoms with E-state index in [0.29, 0.717) is 31.5 Å². The molecule has 0 bridgehead atoms. The van der Waals surface area contributed by atoms with E-state index in [2.05, 4.69) is 10.2 Å². The normalized spacial score (nSPS) is 26.8. The van der Waals surface area contributed by atoms with Gasteiger partial charge in [0.2, 0.25) is 17.7 Å². The SMILES string of the molecule is CC(C)c1nnc([C@@H]2COCCN2C(=O)[C@H]2C[C@@H]2c2ccco2)o1. The van der Waals surface area contributed by atoms with Crippen LogP contribution in [0.3, 0.4) is 0 Å². The molecule has 0 radical (unpaired) electrons. The first-order valence-corrected chi connectivity index (χ1v) is 8.40. The summed E-state index contributed by atoms with van der Waals surface area (Å²) in [6.45, 7) is 5.46. The van der Waals surface area contributed by atoms with Crippen molar-refractivity contribution in [2.45, 2.75) is 38.1 Å². The van der Waals surface area contributed by atoms with Gasteiger partial charge < -0.3 is 18.5 Å². The standard InChI is InChI=1S/C17H21N3O4/c1-10(2)15-18-19-16(24-15)13-9-22-7-5-20(13)17(21)12-8-11(12)14-4-3-6-23-14/h3-4,6,10-13H,5,7-9H2,1-2H3/t11-,12-,13-/m0/s1. The van der Waals surface area contributed by atoms with E-state index in [4.69, 9.17) is 13.6 Å². The van der Waals surface area contributed by atoms with E-state index in [0.717, 1.165) is 12.2 Å². The average Bonchev–Trinajstić information content (AvgIpc) is 3.03. The first-order chi connectivity index (χ1) is 11.6. The van der Waals surface area contributed by atoms with Gasteiger partial charge in [0, 0.05) is 24.3 Å². The highest BCUT2D eigenvalue weighted by molar-refractivity contribution is 5.83. The Labute approximate surface area is 140 Å². The molecular formula is C17H21N3O4. The summed E-state index contributed by atoms with van der Waals surface area (Å²) in [4.78, 5) is 14.8. The lowest BCUT2D eigenvalue weighted by Gasteiger charge is -2.33. The summed E-state index contributed by atoms with van der Waals surface area (Å²) in [6, 6.07) is 3.49. The lowest BCUT2D eigenvalue weighted by atomic mass is 10.1. The van der Waals surface area contributed by atoms with Gasteiger partial charge >= 0.3 is 0 Å². The Bertz CT molecular complexity index is 709. The van der Waals surface area contributed by atoms with E-state index in [1.54, 1.807) is 6.26 Å². The number of hydrogen-bond acceptors (Lipinski definition) is 6. The van der Waals surface area contributed by atoms with Crippen LogP contribution in [0, 0.1) is 5.92 Å². The van der Waals surface area contributed by atoms with Gasteiger partial charge in [0.15, 0.2) is 0 Å². The van der Waals surface area contributed by atoms with E-state index in [1.807, 2.05) is 30.9 Å². The van der Waals surface area contributed by atoms with Gasteiger partial charge in [-0.1, -0.05) is 13.8 Å². The molecule has 1 amide bonds. The molecule has 1 saturated carbocycles. The van der Waals surface area contributed by atoms with Gasteiger partial charge in [-0.2, -0.15) is 0 Å². The minimum atomic E-state index is -0.302. The van der Waals surface area contributed by atoms with E-state index >= 15 is 0 Å². The van der Waals surface area contributed by atoms with Gasteiger partial charge in [-0.15, -0.1) is 10.2 Å². The third kappa shape index (κ3) is 2.73. The summed E-state index contributed by atoms with van der Waals surface area (Å²) >= 11 is 0. The lowest BCUT2D eigenvalue weighted by molar-refractivity contribution is -0.142. The highest BCUT2D eigenvalue weighted by atomic mass is 16.5. The van der Waals surface area contributed by atoms with Gasteiger partial charge in [0.05, 0.1) is 19.5 Å². The molecule has 3 heterocycles. The molecule has 1 aliphatic heterocycles. The Morgan fingerprint density at radius 1 is 1.38 bits per heavy atom. The molecule has 1 aliphatic carbocycles. The van der Waals surface area contributed by atoms with Crippen LogP contribution in [0.15, 0.2) is 27.2 Å². The summed E-state index contributed by atoms with van der Waals surface area (Å²) < 4.78 is 16.7. The third-order valence-corrected chi connectivity index (χ3v) is 4.66. The smallest absolute Gasteiger partial charge is 0.241 e. The second kappa shape index (κ2) is 6.05. The third-order valence-electron chi connectivity index (χ3n) is 4.66. The molecule has 0 aromatic carbocycles. The molecule has 128 valence electrons. The molecule has 0 spiro atoms. The van der Waals surface area contributed by atoms with Gasteiger partial charge in [-0.3, -0.25) is 4.79 Å². The van der Waals surface area contributed by atoms with Crippen LogP contribution in [0.25, 0.3) is 0 Å². The molecule has 4 rings (SSSR count). The van der Waals surface area contributed by atoms with E-state index in [1.165, 1.54) is 0 Å². The Hall–Kier alpha value is -2.15. The maximum Gasteiger partial charge on any atom is 0.241 e. The predicted molar refractivity (Wildman–Crippen MR) is 83.2 cm³/mol. The summed E-state index contributed by atoms with van der Waals surface area (Å²) in [5, 5.41) is 8.21. The number of morpholine rings is 1. The van der Waals surface area contributed by atoms with Gasteiger partial charge in [-0.25, -0.2) is 0 Å². The second-order valence-corrected chi connectivity index (χ2v) is 6.72. The average molecular weight is 331 g/mol. The van der Waals surface area contributed by atoms with Crippen LogP contribution in [0.1, 0.15) is 55.7 Å². The van der Waals surface area contributed by atoms with Crippen molar-refractivity contribution in [1.29, 1.82) is 0 Å². The molecule has 2 fully saturated rings. The van der Waals surface area contributed by atoms with Gasteiger partial charge in [0.25, 0.3) is 0 Å². The van der Waals surface area contributed by atoms with Crippen molar-refractivity contribution in [2.75, 3.05) is 19.8 Å². The fourth-order valence-electron chi connectivity index (χ4n) is 3.18.